The van der Waals surface area contributed by atoms with E-state index in [9.17, 15) is 9.59 Å². The lowest BCUT2D eigenvalue weighted by molar-refractivity contribution is -0.133. The van der Waals surface area contributed by atoms with E-state index in [4.69, 9.17) is 16.3 Å². The Morgan fingerprint density at radius 2 is 2.19 bits per heavy atom. The Kier molecular flexibility index (Phi) is 3.82. The minimum absolute atomic E-state index is 0.0388. The van der Waals surface area contributed by atoms with Gasteiger partial charge in [0.15, 0.2) is 0 Å². The third kappa shape index (κ3) is 2.73. The quantitative estimate of drug-likeness (QED) is 0.765. The van der Waals surface area contributed by atoms with Gasteiger partial charge in [-0.05, 0) is 12.1 Å². The fourth-order valence-electron chi connectivity index (χ4n) is 2.73. The number of pyridine rings is 1. The van der Waals surface area contributed by atoms with Crippen molar-refractivity contribution in [3.05, 3.63) is 29.0 Å². The summed E-state index contributed by atoms with van der Waals surface area (Å²) in [7, 11) is 1.77. The van der Waals surface area contributed by atoms with E-state index < -0.39 is 0 Å². The van der Waals surface area contributed by atoms with Gasteiger partial charge >= 0.3 is 0 Å². The topological polar surface area (TPSA) is 62.7 Å². The molecule has 0 aliphatic carbocycles. The van der Waals surface area contributed by atoms with Crippen LogP contribution in [0.2, 0.25) is 5.02 Å². The molecule has 7 heteroatoms. The van der Waals surface area contributed by atoms with Crippen LogP contribution >= 0.6 is 11.6 Å². The number of carbonyl (C=O) groups is 2. The number of carbonyl (C=O) groups excluding carboxylic acids is 2. The molecular weight excluding hydrogens is 294 g/mol. The fraction of sp³-hybridized carbons (Fsp3) is 0.500. The molecule has 3 heterocycles. The maximum absolute atomic E-state index is 12.6. The summed E-state index contributed by atoms with van der Waals surface area (Å²) in [5.74, 6) is -0.442. The first-order chi connectivity index (χ1) is 10.1. The number of amides is 2. The number of rotatable bonds is 1. The molecule has 2 aliphatic heterocycles. The Bertz CT molecular complexity index is 563. The zero-order chi connectivity index (χ0) is 15.0. The second kappa shape index (κ2) is 5.61. The molecule has 2 fully saturated rings. The summed E-state index contributed by atoms with van der Waals surface area (Å²) in [6.07, 6.45) is 1.45. The van der Waals surface area contributed by atoms with Crippen molar-refractivity contribution in [3.8, 4) is 0 Å². The average Bonchev–Trinajstić information content (AvgIpc) is 2.65. The number of hydrogen-bond donors (Lipinski definition) is 0. The Morgan fingerprint density at radius 3 is 2.90 bits per heavy atom. The smallest absolute Gasteiger partial charge is 0.272 e. The van der Waals surface area contributed by atoms with Gasteiger partial charge in [-0.25, -0.2) is 4.98 Å². The molecule has 0 N–H and O–H groups in total. The number of hydrogen-bond acceptors (Lipinski definition) is 4. The predicted octanol–water partition coefficient (Wildman–Crippen LogP) is 0.664. The van der Waals surface area contributed by atoms with Crippen LogP contribution in [0.3, 0.4) is 0 Å². The van der Waals surface area contributed by atoms with E-state index >= 15 is 0 Å². The SMILES string of the molecule is CN1C(=O)[C@H]2COC[C@@H]1CN(C(=O)c1ccc(Cl)cn1)C2. The highest BCUT2D eigenvalue weighted by molar-refractivity contribution is 6.30. The van der Waals surface area contributed by atoms with Crippen LogP contribution in [0.4, 0.5) is 0 Å². The van der Waals surface area contributed by atoms with E-state index in [0.717, 1.165) is 0 Å². The minimum atomic E-state index is -0.307. The van der Waals surface area contributed by atoms with Gasteiger partial charge < -0.3 is 14.5 Å². The number of fused-ring (bicyclic) bond motifs is 3. The maximum atomic E-state index is 12.6. The number of ether oxygens (including phenoxy) is 1. The second-order valence-corrected chi connectivity index (χ2v) is 5.85. The molecule has 2 saturated heterocycles. The van der Waals surface area contributed by atoms with Crippen LogP contribution in [0.5, 0.6) is 0 Å². The third-order valence-corrected chi connectivity index (χ3v) is 4.20. The van der Waals surface area contributed by atoms with Crippen LogP contribution in [0, 0.1) is 5.92 Å². The molecule has 2 bridgehead atoms. The number of halogens is 1. The van der Waals surface area contributed by atoms with Crippen LogP contribution in [-0.4, -0.2) is 66.0 Å². The molecule has 2 atom stereocenters. The van der Waals surface area contributed by atoms with Gasteiger partial charge in [-0.1, -0.05) is 11.6 Å². The van der Waals surface area contributed by atoms with Crippen molar-refractivity contribution in [2.24, 2.45) is 5.92 Å². The molecule has 112 valence electrons. The monoisotopic (exact) mass is 309 g/mol. The Hall–Kier alpha value is -1.66. The Morgan fingerprint density at radius 1 is 1.38 bits per heavy atom. The van der Waals surface area contributed by atoms with E-state index in [1.807, 2.05) is 0 Å². The van der Waals surface area contributed by atoms with Gasteiger partial charge in [0.05, 0.1) is 30.2 Å². The lowest BCUT2D eigenvalue weighted by Crippen LogP contribution is -2.45. The van der Waals surface area contributed by atoms with Gasteiger partial charge in [-0.2, -0.15) is 0 Å². The fourth-order valence-corrected chi connectivity index (χ4v) is 2.84. The van der Waals surface area contributed by atoms with Gasteiger partial charge in [-0.15, -0.1) is 0 Å². The number of nitrogens with zero attached hydrogens (tertiary/aromatic N) is 3. The summed E-state index contributed by atoms with van der Waals surface area (Å²) in [4.78, 5) is 32.3. The summed E-state index contributed by atoms with van der Waals surface area (Å²) in [6.45, 7) is 1.64. The minimum Gasteiger partial charge on any atom is -0.378 e. The normalized spacial score (nSPS) is 25.7. The highest BCUT2D eigenvalue weighted by Gasteiger charge is 2.39. The van der Waals surface area contributed by atoms with Gasteiger partial charge in [0, 0.05) is 26.3 Å². The number of aromatic nitrogens is 1. The molecule has 0 unspecified atom stereocenters. The lowest BCUT2D eigenvalue weighted by Gasteiger charge is -2.29. The molecule has 0 spiro atoms. The van der Waals surface area contributed by atoms with Crippen molar-refractivity contribution in [2.45, 2.75) is 6.04 Å². The van der Waals surface area contributed by atoms with Crippen LogP contribution in [0.1, 0.15) is 10.5 Å². The van der Waals surface area contributed by atoms with E-state index in [-0.39, 0.29) is 23.8 Å². The third-order valence-electron chi connectivity index (χ3n) is 3.98. The average molecular weight is 310 g/mol. The molecule has 0 saturated carbocycles. The molecule has 3 rings (SSSR count). The first-order valence-electron chi connectivity index (χ1n) is 6.81. The zero-order valence-electron chi connectivity index (χ0n) is 11.7. The summed E-state index contributed by atoms with van der Waals surface area (Å²) in [6, 6.07) is 3.13. The van der Waals surface area contributed by atoms with E-state index in [0.29, 0.717) is 37.0 Å². The van der Waals surface area contributed by atoms with Gasteiger partial charge in [0.1, 0.15) is 5.69 Å². The molecule has 21 heavy (non-hydrogen) atoms. The lowest BCUT2D eigenvalue weighted by atomic mass is 10.1. The van der Waals surface area contributed by atoms with Crippen molar-refractivity contribution in [1.82, 2.24) is 14.8 Å². The molecule has 0 aromatic carbocycles. The van der Waals surface area contributed by atoms with E-state index in [2.05, 4.69) is 4.98 Å². The molecule has 1 aromatic rings. The van der Waals surface area contributed by atoms with E-state index in [1.165, 1.54) is 6.20 Å². The summed E-state index contributed by atoms with van der Waals surface area (Å²) < 4.78 is 5.52. The molecule has 1 aromatic heterocycles. The molecule has 6 nitrogen and oxygen atoms in total. The maximum Gasteiger partial charge on any atom is 0.272 e. The Labute approximate surface area is 127 Å². The van der Waals surface area contributed by atoms with E-state index in [1.54, 1.807) is 29.0 Å². The highest BCUT2D eigenvalue weighted by atomic mass is 35.5. The summed E-state index contributed by atoms with van der Waals surface area (Å²) >= 11 is 5.79. The molecular formula is C14H16ClN3O3. The van der Waals surface area contributed by atoms with Crippen molar-refractivity contribution in [3.63, 3.8) is 0 Å². The van der Waals surface area contributed by atoms with Crippen molar-refractivity contribution < 1.29 is 14.3 Å². The van der Waals surface area contributed by atoms with Crippen LogP contribution < -0.4 is 0 Å². The zero-order valence-corrected chi connectivity index (χ0v) is 12.4. The van der Waals surface area contributed by atoms with Crippen molar-refractivity contribution >= 4 is 23.4 Å². The first-order valence-corrected chi connectivity index (χ1v) is 7.19. The van der Waals surface area contributed by atoms with Crippen LogP contribution in [0.15, 0.2) is 18.3 Å². The molecule has 2 amide bonds. The Balaban J connectivity index is 1.84. The van der Waals surface area contributed by atoms with Crippen LogP contribution in [0.25, 0.3) is 0 Å². The standard InChI is InChI=1S/C14H16ClN3O3/c1-17-11-6-18(5-9(13(17)19)7-21-8-11)14(20)12-3-2-10(15)4-16-12/h2-4,9,11H,5-8H2,1H3/t9-,11+/m1/s1. The second-order valence-electron chi connectivity index (χ2n) is 5.41. The highest BCUT2D eigenvalue weighted by Crippen LogP contribution is 2.21. The largest absolute Gasteiger partial charge is 0.378 e. The molecule has 0 radical (unpaired) electrons. The van der Waals surface area contributed by atoms with Gasteiger partial charge in [0.2, 0.25) is 5.91 Å². The molecule has 2 aliphatic rings. The van der Waals surface area contributed by atoms with Gasteiger partial charge in [-0.3, -0.25) is 9.59 Å². The van der Waals surface area contributed by atoms with Crippen LogP contribution in [-0.2, 0) is 9.53 Å². The first kappa shape index (κ1) is 14.3. The van der Waals surface area contributed by atoms with Gasteiger partial charge in [0.25, 0.3) is 5.91 Å². The van der Waals surface area contributed by atoms with Crippen molar-refractivity contribution in [2.75, 3.05) is 33.4 Å². The summed E-state index contributed by atoms with van der Waals surface area (Å²) in [5.41, 5.74) is 0.343. The number of likely N-dealkylation sites (N-methyl/N-ethyl adjacent to an activating group) is 1. The van der Waals surface area contributed by atoms with Crippen molar-refractivity contribution in [1.29, 1.82) is 0 Å². The summed E-state index contributed by atoms with van der Waals surface area (Å²) in [5, 5.41) is 0.489. The predicted molar refractivity (Wildman–Crippen MR) is 76.0 cm³/mol.